The number of hydrogen-bond acceptors (Lipinski definition) is 5. The van der Waals surface area contributed by atoms with Crippen LogP contribution in [-0.2, 0) is 20.8 Å². The number of morpholine rings is 2. The van der Waals surface area contributed by atoms with Crippen LogP contribution in [-0.4, -0.2) is 91.3 Å². The number of nitrogens with zero attached hydrogens (tertiary/aromatic N) is 3. The lowest BCUT2D eigenvalue weighted by molar-refractivity contribution is -0.151. The zero-order valence-corrected chi connectivity index (χ0v) is 18.4. The van der Waals surface area contributed by atoms with Gasteiger partial charge in [-0.3, -0.25) is 14.6 Å². The van der Waals surface area contributed by atoms with E-state index in [1.807, 2.05) is 6.07 Å². The van der Waals surface area contributed by atoms with E-state index < -0.39 is 0 Å². The Balaban J connectivity index is 1.43. The van der Waals surface area contributed by atoms with E-state index in [1.165, 1.54) is 18.4 Å². The summed E-state index contributed by atoms with van der Waals surface area (Å²) in [6.45, 7) is 9.48. The van der Waals surface area contributed by atoms with Gasteiger partial charge in [-0.25, -0.2) is 0 Å². The topological polar surface area (TPSA) is 45.2 Å². The number of hydrogen-bond donors (Lipinski definition) is 0. The zero-order valence-electron chi connectivity index (χ0n) is 18.4. The molecule has 1 saturated carbocycles. The highest BCUT2D eigenvalue weighted by Gasteiger charge is 2.37. The lowest BCUT2D eigenvalue weighted by Gasteiger charge is -2.44. The smallest absolute Gasteiger partial charge is 0.237 e. The second kappa shape index (κ2) is 10.7. The number of rotatable bonds is 7. The van der Waals surface area contributed by atoms with Crippen LogP contribution in [0.2, 0.25) is 0 Å². The van der Waals surface area contributed by atoms with E-state index in [9.17, 15) is 4.79 Å². The highest BCUT2D eigenvalue weighted by molar-refractivity contribution is 5.79. The van der Waals surface area contributed by atoms with Crippen LogP contribution < -0.4 is 0 Å². The Morgan fingerprint density at radius 2 is 1.87 bits per heavy atom. The van der Waals surface area contributed by atoms with Gasteiger partial charge in [0.15, 0.2) is 0 Å². The van der Waals surface area contributed by atoms with Crippen molar-refractivity contribution in [2.45, 2.75) is 57.3 Å². The Hall–Kier alpha value is -1.47. The molecule has 1 aliphatic carbocycles. The molecule has 6 nitrogen and oxygen atoms in total. The summed E-state index contributed by atoms with van der Waals surface area (Å²) in [5, 5.41) is 0. The second-order valence-corrected chi connectivity index (χ2v) is 9.00. The molecule has 3 unspecified atom stereocenters. The summed E-state index contributed by atoms with van der Waals surface area (Å²) >= 11 is 0. The van der Waals surface area contributed by atoms with Crippen molar-refractivity contribution in [3.05, 3.63) is 35.9 Å². The number of carbonyl (C=O) groups is 1. The van der Waals surface area contributed by atoms with Gasteiger partial charge in [-0.05, 0) is 25.3 Å². The van der Waals surface area contributed by atoms with E-state index >= 15 is 0 Å². The largest absolute Gasteiger partial charge is 0.379 e. The monoisotopic (exact) mass is 415 g/mol. The van der Waals surface area contributed by atoms with Crippen LogP contribution in [0, 0.1) is 0 Å². The third-order valence-corrected chi connectivity index (χ3v) is 6.87. The van der Waals surface area contributed by atoms with Crippen molar-refractivity contribution in [1.82, 2.24) is 14.7 Å². The Kier molecular flexibility index (Phi) is 7.77. The summed E-state index contributed by atoms with van der Waals surface area (Å²) in [7, 11) is 0. The van der Waals surface area contributed by atoms with E-state index in [0.717, 1.165) is 58.8 Å². The molecule has 2 heterocycles. The number of fused-ring (bicyclic) bond motifs is 1. The molecule has 0 aromatic heterocycles. The number of benzene rings is 1. The molecule has 3 fully saturated rings. The van der Waals surface area contributed by atoms with Gasteiger partial charge < -0.3 is 14.4 Å². The van der Waals surface area contributed by atoms with Gasteiger partial charge in [-0.2, -0.15) is 0 Å². The minimum atomic E-state index is 0.241. The molecule has 0 spiro atoms. The van der Waals surface area contributed by atoms with Gasteiger partial charge in [0, 0.05) is 38.8 Å². The van der Waals surface area contributed by atoms with Crippen molar-refractivity contribution in [3.63, 3.8) is 0 Å². The van der Waals surface area contributed by atoms with Crippen LogP contribution in [0.3, 0.4) is 0 Å². The van der Waals surface area contributed by atoms with Crippen LogP contribution in [0.25, 0.3) is 0 Å². The third-order valence-electron chi connectivity index (χ3n) is 6.87. The van der Waals surface area contributed by atoms with Crippen LogP contribution >= 0.6 is 0 Å². The molecule has 2 aliphatic heterocycles. The maximum atomic E-state index is 13.4. The first kappa shape index (κ1) is 21.8. The molecule has 0 radical (unpaired) electrons. The molecule has 1 amide bonds. The molecule has 2 saturated heterocycles. The summed E-state index contributed by atoms with van der Waals surface area (Å²) in [6.07, 6.45) is 4.84. The average molecular weight is 416 g/mol. The zero-order chi connectivity index (χ0) is 20.8. The SMILES string of the molecule is CC(CN1CCOCC1)N(CC(=O)N1CCOC2CCCCC21)Cc1ccccc1. The van der Waals surface area contributed by atoms with Crippen molar-refractivity contribution in [2.24, 2.45) is 0 Å². The van der Waals surface area contributed by atoms with Crippen molar-refractivity contribution in [1.29, 1.82) is 0 Å². The minimum Gasteiger partial charge on any atom is -0.379 e. The predicted molar refractivity (Wildman–Crippen MR) is 117 cm³/mol. The predicted octanol–water partition coefficient (Wildman–Crippen LogP) is 2.38. The first-order chi connectivity index (χ1) is 14.7. The average Bonchev–Trinajstić information content (AvgIpc) is 2.79. The van der Waals surface area contributed by atoms with E-state index in [-0.39, 0.29) is 18.1 Å². The highest BCUT2D eigenvalue weighted by Crippen LogP contribution is 2.28. The van der Waals surface area contributed by atoms with E-state index in [1.54, 1.807) is 0 Å². The van der Waals surface area contributed by atoms with Crippen molar-refractivity contribution < 1.29 is 14.3 Å². The van der Waals surface area contributed by atoms with E-state index in [2.05, 4.69) is 45.9 Å². The van der Waals surface area contributed by atoms with Gasteiger partial charge in [0.25, 0.3) is 0 Å². The summed E-state index contributed by atoms with van der Waals surface area (Å²) < 4.78 is 11.5. The fourth-order valence-corrected chi connectivity index (χ4v) is 5.13. The maximum absolute atomic E-state index is 13.4. The lowest BCUT2D eigenvalue weighted by atomic mass is 9.90. The molecule has 30 heavy (non-hydrogen) atoms. The fraction of sp³-hybridized carbons (Fsp3) is 0.708. The standard InChI is InChI=1S/C24H37N3O3/c1-20(17-25-11-14-29-15-12-25)26(18-21-7-3-2-4-8-21)19-24(28)27-13-16-30-23-10-6-5-9-22(23)27/h2-4,7-8,20,22-23H,5-6,9-19H2,1H3. The van der Waals surface area contributed by atoms with Crippen molar-refractivity contribution in [2.75, 3.05) is 52.5 Å². The molecule has 0 bridgehead atoms. The number of ether oxygens (including phenoxy) is 2. The molecule has 166 valence electrons. The molecule has 0 N–H and O–H groups in total. The van der Waals surface area contributed by atoms with E-state index in [4.69, 9.17) is 9.47 Å². The maximum Gasteiger partial charge on any atom is 0.237 e. The highest BCUT2D eigenvalue weighted by atomic mass is 16.5. The van der Waals surface area contributed by atoms with Crippen LogP contribution in [0.4, 0.5) is 0 Å². The van der Waals surface area contributed by atoms with Gasteiger partial charge in [-0.1, -0.05) is 43.2 Å². The summed E-state index contributed by atoms with van der Waals surface area (Å²) in [5.41, 5.74) is 1.26. The van der Waals surface area contributed by atoms with Crippen molar-refractivity contribution in [3.8, 4) is 0 Å². The molecule has 1 aromatic rings. The third kappa shape index (κ3) is 5.61. The number of amides is 1. The lowest BCUT2D eigenvalue weighted by Crippen LogP contribution is -2.57. The normalized spacial score (nSPS) is 26.4. The molecular weight excluding hydrogens is 378 g/mol. The van der Waals surface area contributed by atoms with Crippen LogP contribution in [0.15, 0.2) is 30.3 Å². The second-order valence-electron chi connectivity index (χ2n) is 9.00. The fourth-order valence-electron chi connectivity index (χ4n) is 5.13. The summed E-state index contributed by atoms with van der Waals surface area (Å²) in [4.78, 5) is 20.4. The van der Waals surface area contributed by atoms with Gasteiger partial charge >= 0.3 is 0 Å². The Bertz CT molecular complexity index is 663. The first-order valence-corrected chi connectivity index (χ1v) is 11.7. The molecule has 6 heteroatoms. The Labute approximate surface area is 181 Å². The van der Waals surface area contributed by atoms with Crippen LogP contribution in [0.1, 0.15) is 38.2 Å². The minimum absolute atomic E-state index is 0.241. The molecule has 3 atom stereocenters. The van der Waals surface area contributed by atoms with Crippen molar-refractivity contribution >= 4 is 5.91 Å². The molecule has 3 aliphatic rings. The summed E-state index contributed by atoms with van der Waals surface area (Å²) in [5.74, 6) is 0.264. The quantitative estimate of drug-likeness (QED) is 0.684. The molecule has 1 aromatic carbocycles. The molecule has 4 rings (SSSR count). The van der Waals surface area contributed by atoms with Gasteiger partial charge in [0.05, 0.1) is 38.5 Å². The van der Waals surface area contributed by atoms with Gasteiger partial charge in [-0.15, -0.1) is 0 Å². The van der Waals surface area contributed by atoms with Gasteiger partial charge in [0.1, 0.15) is 0 Å². The number of carbonyl (C=O) groups excluding carboxylic acids is 1. The Morgan fingerprint density at radius 3 is 2.67 bits per heavy atom. The Morgan fingerprint density at radius 1 is 1.10 bits per heavy atom. The molecular formula is C24H37N3O3. The first-order valence-electron chi connectivity index (χ1n) is 11.7. The van der Waals surface area contributed by atoms with Crippen LogP contribution in [0.5, 0.6) is 0 Å². The van der Waals surface area contributed by atoms with Gasteiger partial charge in [0.2, 0.25) is 5.91 Å². The van der Waals surface area contributed by atoms with E-state index in [0.29, 0.717) is 19.2 Å². The summed E-state index contributed by atoms with van der Waals surface area (Å²) in [6, 6.07) is 11.1.